The topological polar surface area (TPSA) is 12.0 Å². The number of benzene rings is 1. The first-order chi connectivity index (χ1) is 8.19. The van der Waals surface area contributed by atoms with E-state index in [0.29, 0.717) is 6.04 Å². The molecule has 1 aliphatic rings. The first-order valence-corrected chi connectivity index (χ1v) is 7.51. The lowest BCUT2D eigenvalue weighted by Gasteiger charge is -2.29. The first kappa shape index (κ1) is 12.9. The van der Waals surface area contributed by atoms with Crippen molar-refractivity contribution < 1.29 is 0 Å². The van der Waals surface area contributed by atoms with Gasteiger partial charge in [0.25, 0.3) is 0 Å². The molecule has 0 saturated heterocycles. The molecular weight excluding hydrogens is 274 g/mol. The van der Waals surface area contributed by atoms with Gasteiger partial charge in [-0.15, -0.1) is 0 Å². The maximum Gasteiger partial charge on any atom is 0.0353 e. The van der Waals surface area contributed by atoms with Gasteiger partial charge in [0.2, 0.25) is 0 Å². The second-order valence-corrected chi connectivity index (χ2v) is 6.09. The molecule has 1 fully saturated rings. The predicted molar refractivity (Wildman–Crippen MR) is 78.5 cm³/mol. The summed E-state index contributed by atoms with van der Waals surface area (Å²) in [6.45, 7) is 4.44. The number of halogens is 1. The lowest BCUT2D eigenvalue weighted by Crippen LogP contribution is -2.25. The molecule has 0 unspecified atom stereocenters. The van der Waals surface area contributed by atoms with Crippen molar-refractivity contribution in [2.24, 2.45) is 5.92 Å². The van der Waals surface area contributed by atoms with Crippen LogP contribution in [0.4, 0.5) is 5.69 Å². The standard InChI is InChI=1S/C15H22BrN/c1-3-12-5-8-13(9-6-12)17-14-7-4-11(2)15(16)10-14/h4,7,10,12-13,17H,3,5-6,8-9H2,1-2H3. The van der Waals surface area contributed by atoms with Gasteiger partial charge >= 0.3 is 0 Å². The van der Waals surface area contributed by atoms with E-state index >= 15 is 0 Å². The van der Waals surface area contributed by atoms with Gasteiger partial charge in [-0.3, -0.25) is 0 Å². The van der Waals surface area contributed by atoms with E-state index < -0.39 is 0 Å². The SMILES string of the molecule is CCC1CCC(Nc2ccc(C)c(Br)c2)CC1. The van der Waals surface area contributed by atoms with E-state index in [4.69, 9.17) is 0 Å². The van der Waals surface area contributed by atoms with Crippen LogP contribution in [0.2, 0.25) is 0 Å². The third-order valence-corrected chi connectivity index (χ3v) is 4.82. The Hall–Kier alpha value is -0.500. The molecule has 17 heavy (non-hydrogen) atoms. The Morgan fingerprint density at radius 3 is 2.53 bits per heavy atom. The van der Waals surface area contributed by atoms with Crippen molar-refractivity contribution in [2.45, 2.75) is 52.0 Å². The third kappa shape index (κ3) is 3.48. The molecule has 1 N–H and O–H groups in total. The van der Waals surface area contributed by atoms with Crippen LogP contribution in [0.15, 0.2) is 22.7 Å². The Morgan fingerprint density at radius 2 is 1.94 bits per heavy atom. The van der Waals surface area contributed by atoms with Crippen molar-refractivity contribution in [1.29, 1.82) is 0 Å². The molecule has 0 aliphatic heterocycles. The molecule has 1 aromatic rings. The molecule has 2 heteroatoms. The summed E-state index contributed by atoms with van der Waals surface area (Å²) in [7, 11) is 0. The van der Waals surface area contributed by atoms with Crippen LogP contribution in [0.5, 0.6) is 0 Å². The highest BCUT2D eigenvalue weighted by Crippen LogP contribution is 2.29. The van der Waals surface area contributed by atoms with Gasteiger partial charge < -0.3 is 5.32 Å². The second-order valence-electron chi connectivity index (χ2n) is 5.23. The predicted octanol–water partition coefficient (Wildman–Crippen LogP) is 5.14. The number of rotatable bonds is 3. The van der Waals surface area contributed by atoms with Crippen molar-refractivity contribution in [3.05, 3.63) is 28.2 Å². The average Bonchev–Trinajstić information content (AvgIpc) is 2.35. The number of hydrogen-bond acceptors (Lipinski definition) is 1. The smallest absolute Gasteiger partial charge is 0.0353 e. The largest absolute Gasteiger partial charge is 0.382 e. The summed E-state index contributed by atoms with van der Waals surface area (Å²) >= 11 is 3.59. The number of hydrogen-bond donors (Lipinski definition) is 1. The summed E-state index contributed by atoms with van der Waals surface area (Å²) in [4.78, 5) is 0. The minimum Gasteiger partial charge on any atom is -0.382 e. The fraction of sp³-hybridized carbons (Fsp3) is 0.600. The molecule has 1 aromatic carbocycles. The Kier molecular flexibility index (Phi) is 4.49. The first-order valence-electron chi connectivity index (χ1n) is 6.71. The maximum atomic E-state index is 3.66. The Labute approximate surface area is 113 Å². The second kappa shape index (κ2) is 5.90. The third-order valence-electron chi connectivity index (χ3n) is 3.97. The van der Waals surface area contributed by atoms with E-state index in [0.717, 1.165) is 5.92 Å². The van der Waals surface area contributed by atoms with Crippen LogP contribution in [-0.4, -0.2) is 6.04 Å². The maximum absolute atomic E-state index is 3.66. The van der Waals surface area contributed by atoms with Crippen LogP contribution < -0.4 is 5.32 Å². The zero-order valence-corrected chi connectivity index (χ0v) is 12.4. The van der Waals surface area contributed by atoms with Crippen molar-refractivity contribution >= 4 is 21.6 Å². The Morgan fingerprint density at radius 1 is 1.24 bits per heavy atom. The summed E-state index contributed by atoms with van der Waals surface area (Å²) in [6, 6.07) is 7.23. The Bertz CT molecular complexity index is 367. The number of anilines is 1. The minimum atomic E-state index is 0.674. The molecule has 1 aliphatic carbocycles. The lowest BCUT2D eigenvalue weighted by atomic mass is 9.84. The van der Waals surface area contributed by atoms with Gasteiger partial charge in [-0.05, 0) is 56.2 Å². The normalized spacial score (nSPS) is 24.6. The zero-order valence-electron chi connectivity index (χ0n) is 10.8. The van der Waals surface area contributed by atoms with Crippen molar-refractivity contribution in [3.63, 3.8) is 0 Å². The summed E-state index contributed by atoms with van der Waals surface area (Å²) < 4.78 is 1.20. The highest BCUT2D eigenvalue weighted by atomic mass is 79.9. The van der Waals surface area contributed by atoms with Gasteiger partial charge in [-0.2, -0.15) is 0 Å². The van der Waals surface area contributed by atoms with Gasteiger partial charge in [-0.25, -0.2) is 0 Å². The quantitative estimate of drug-likeness (QED) is 0.814. The molecular formula is C15H22BrN. The summed E-state index contributed by atoms with van der Waals surface area (Å²) in [5.74, 6) is 0.970. The van der Waals surface area contributed by atoms with Crippen LogP contribution in [0.1, 0.15) is 44.6 Å². The molecule has 0 amide bonds. The monoisotopic (exact) mass is 295 g/mol. The summed E-state index contributed by atoms with van der Waals surface area (Å²) in [5, 5.41) is 3.66. The highest BCUT2D eigenvalue weighted by molar-refractivity contribution is 9.10. The number of aryl methyl sites for hydroxylation is 1. The average molecular weight is 296 g/mol. The summed E-state index contributed by atoms with van der Waals surface area (Å²) in [6.07, 6.45) is 6.78. The molecule has 2 rings (SSSR count). The van der Waals surface area contributed by atoms with E-state index in [-0.39, 0.29) is 0 Å². The molecule has 94 valence electrons. The molecule has 1 saturated carbocycles. The molecule has 0 bridgehead atoms. The molecule has 0 atom stereocenters. The van der Waals surface area contributed by atoms with Crippen LogP contribution in [0, 0.1) is 12.8 Å². The van der Waals surface area contributed by atoms with E-state index in [1.807, 2.05) is 0 Å². The highest BCUT2D eigenvalue weighted by Gasteiger charge is 2.19. The number of nitrogens with one attached hydrogen (secondary N) is 1. The van der Waals surface area contributed by atoms with E-state index in [1.165, 1.54) is 47.8 Å². The van der Waals surface area contributed by atoms with Gasteiger partial charge in [-0.1, -0.05) is 35.3 Å². The van der Waals surface area contributed by atoms with Crippen molar-refractivity contribution in [2.75, 3.05) is 5.32 Å². The van der Waals surface area contributed by atoms with E-state index in [1.54, 1.807) is 0 Å². The van der Waals surface area contributed by atoms with Gasteiger partial charge in [0.15, 0.2) is 0 Å². The molecule has 0 spiro atoms. The molecule has 1 nitrogen and oxygen atoms in total. The van der Waals surface area contributed by atoms with Crippen molar-refractivity contribution in [1.82, 2.24) is 0 Å². The van der Waals surface area contributed by atoms with Crippen LogP contribution in [0.25, 0.3) is 0 Å². The van der Waals surface area contributed by atoms with Gasteiger partial charge in [0.05, 0.1) is 0 Å². The fourth-order valence-corrected chi connectivity index (χ4v) is 3.01. The van der Waals surface area contributed by atoms with Crippen LogP contribution >= 0.6 is 15.9 Å². The molecule has 0 heterocycles. The Balaban J connectivity index is 1.91. The zero-order chi connectivity index (χ0) is 12.3. The molecule has 0 aromatic heterocycles. The van der Waals surface area contributed by atoms with Gasteiger partial charge in [0, 0.05) is 16.2 Å². The van der Waals surface area contributed by atoms with Crippen LogP contribution in [0.3, 0.4) is 0 Å². The minimum absolute atomic E-state index is 0.674. The van der Waals surface area contributed by atoms with E-state index in [2.05, 4.69) is 53.3 Å². The van der Waals surface area contributed by atoms with Crippen LogP contribution in [-0.2, 0) is 0 Å². The van der Waals surface area contributed by atoms with Crippen molar-refractivity contribution in [3.8, 4) is 0 Å². The fourth-order valence-electron chi connectivity index (χ4n) is 2.63. The summed E-state index contributed by atoms with van der Waals surface area (Å²) in [5.41, 5.74) is 2.55. The van der Waals surface area contributed by atoms with E-state index in [9.17, 15) is 0 Å². The molecule has 0 radical (unpaired) electrons. The van der Waals surface area contributed by atoms with Gasteiger partial charge in [0.1, 0.15) is 0 Å². The lowest BCUT2D eigenvalue weighted by molar-refractivity contribution is 0.330.